The summed E-state index contributed by atoms with van der Waals surface area (Å²) in [5.74, 6) is 2.82. The van der Waals surface area contributed by atoms with Gasteiger partial charge in [0.25, 0.3) is 0 Å². The summed E-state index contributed by atoms with van der Waals surface area (Å²) < 4.78 is 3.37. The third-order valence-electron chi connectivity index (χ3n) is 5.31. The van der Waals surface area contributed by atoms with Gasteiger partial charge in [-0.15, -0.1) is 0 Å². The van der Waals surface area contributed by atoms with Crippen LogP contribution in [-0.2, 0) is 37.6 Å². The van der Waals surface area contributed by atoms with Gasteiger partial charge in [0.15, 0.2) is 5.82 Å². The first-order valence-corrected chi connectivity index (χ1v) is 10.4. The topological polar surface area (TPSA) is 117 Å². The highest BCUT2D eigenvalue weighted by Crippen LogP contribution is 2.32. The second kappa shape index (κ2) is 9.17. The van der Waals surface area contributed by atoms with E-state index in [0.29, 0.717) is 31.1 Å². The average Bonchev–Trinajstić information content (AvgIpc) is 3.31. The SMILES string of the molecule is Cn1ncnc1CCNC(=O)Cn1nc(CC2CC2)nc1[C@H](N)Cc1ccccc1. The molecule has 30 heavy (non-hydrogen) atoms. The van der Waals surface area contributed by atoms with Crippen LogP contribution in [0.15, 0.2) is 36.7 Å². The predicted molar refractivity (Wildman–Crippen MR) is 111 cm³/mol. The summed E-state index contributed by atoms with van der Waals surface area (Å²) in [5.41, 5.74) is 7.61. The van der Waals surface area contributed by atoms with Crippen molar-refractivity contribution in [3.63, 3.8) is 0 Å². The van der Waals surface area contributed by atoms with Crippen molar-refractivity contribution in [2.24, 2.45) is 18.7 Å². The largest absolute Gasteiger partial charge is 0.354 e. The fraction of sp³-hybridized carbons (Fsp3) is 0.476. The molecule has 1 fully saturated rings. The van der Waals surface area contributed by atoms with Crippen LogP contribution < -0.4 is 11.1 Å². The molecule has 0 aliphatic heterocycles. The van der Waals surface area contributed by atoms with Crippen molar-refractivity contribution in [2.45, 2.75) is 44.7 Å². The van der Waals surface area contributed by atoms with Gasteiger partial charge in [0.05, 0.1) is 6.04 Å². The monoisotopic (exact) mass is 408 g/mol. The zero-order valence-electron chi connectivity index (χ0n) is 17.2. The third-order valence-corrected chi connectivity index (χ3v) is 5.31. The Morgan fingerprint density at radius 1 is 1.30 bits per heavy atom. The molecule has 0 radical (unpaired) electrons. The Bertz CT molecular complexity index is 976. The van der Waals surface area contributed by atoms with Crippen molar-refractivity contribution in [3.05, 3.63) is 59.7 Å². The van der Waals surface area contributed by atoms with Crippen molar-refractivity contribution in [3.8, 4) is 0 Å². The molecule has 1 amide bonds. The summed E-state index contributed by atoms with van der Waals surface area (Å²) in [4.78, 5) is 21.4. The van der Waals surface area contributed by atoms with Crippen LogP contribution in [0.25, 0.3) is 0 Å². The zero-order chi connectivity index (χ0) is 20.9. The standard InChI is InChI=1S/C21H28N8O/c1-28-19(24-14-25-28)9-10-23-20(30)13-29-21(26-18(27-29)12-16-7-8-16)17(22)11-15-5-3-2-4-6-15/h2-6,14,16-17H,7-13,22H2,1H3,(H,23,30)/t17-/m1/s1. The van der Waals surface area contributed by atoms with Gasteiger partial charge in [-0.25, -0.2) is 14.6 Å². The number of benzene rings is 1. The van der Waals surface area contributed by atoms with Crippen LogP contribution in [-0.4, -0.2) is 42.0 Å². The summed E-state index contributed by atoms with van der Waals surface area (Å²) in [7, 11) is 1.83. The van der Waals surface area contributed by atoms with Crippen LogP contribution in [0.5, 0.6) is 0 Å². The van der Waals surface area contributed by atoms with Gasteiger partial charge < -0.3 is 11.1 Å². The van der Waals surface area contributed by atoms with E-state index in [1.54, 1.807) is 9.36 Å². The van der Waals surface area contributed by atoms with Gasteiger partial charge in [-0.2, -0.15) is 10.2 Å². The molecule has 158 valence electrons. The van der Waals surface area contributed by atoms with Crippen LogP contribution in [0.1, 0.15) is 41.9 Å². The van der Waals surface area contributed by atoms with Gasteiger partial charge >= 0.3 is 0 Å². The molecule has 3 N–H and O–H groups in total. The Hall–Kier alpha value is -3.07. The molecule has 9 heteroatoms. The fourth-order valence-corrected chi connectivity index (χ4v) is 3.47. The Balaban J connectivity index is 1.40. The van der Waals surface area contributed by atoms with E-state index in [1.165, 1.54) is 19.2 Å². The quantitative estimate of drug-likeness (QED) is 0.516. The van der Waals surface area contributed by atoms with Crippen molar-refractivity contribution in [1.82, 2.24) is 34.8 Å². The molecule has 4 rings (SSSR count). The number of hydrogen-bond donors (Lipinski definition) is 2. The molecule has 0 saturated heterocycles. The number of rotatable bonds is 10. The van der Waals surface area contributed by atoms with Crippen molar-refractivity contribution in [2.75, 3.05) is 6.54 Å². The lowest BCUT2D eigenvalue weighted by atomic mass is 10.1. The molecule has 9 nitrogen and oxygen atoms in total. The van der Waals surface area contributed by atoms with Crippen molar-refractivity contribution in [1.29, 1.82) is 0 Å². The second-order valence-electron chi connectivity index (χ2n) is 7.89. The number of carbonyl (C=O) groups excluding carboxylic acids is 1. The van der Waals surface area contributed by atoms with Gasteiger partial charge in [-0.3, -0.25) is 9.48 Å². The molecule has 0 unspecified atom stereocenters. The lowest BCUT2D eigenvalue weighted by molar-refractivity contribution is -0.121. The van der Waals surface area contributed by atoms with E-state index in [-0.39, 0.29) is 18.5 Å². The van der Waals surface area contributed by atoms with E-state index < -0.39 is 0 Å². The van der Waals surface area contributed by atoms with Crippen LogP contribution in [0, 0.1) is 5.92 Å². The first-order chi connectivity index (χ1) is 14.6. The van der Waals surface area contributed by atoms with Crippen LogP contribution >= 0.6 is 0 Å². The average molecular weight is 409 g/mol. The number of amides is 1. The third kappa shape index (κ3) is 5.29. The Kier molecular flexibility index (Phi) is 6.18. The summed E-state index contributed by atoms with van der Waals surface area (Å²) in [6.07, 6.45) is 6.08. The minimum Gasteiger partial charge on any atom is -0.354 e. The van der Waals surface area contributed by atoms with E-state index in [1.807, 2.05) is 37.4 Å². The van der Waals surface area contributed by atoms with Crippen molar-refractivity contribution < 1.29 is 4.79 Å². The fourth-order valence-electron chi connectivity index (χ4n) is 3.47. The van der Waals surface area contributed by atoms with Gasteiger partial charge in [0.2, 0.25) is 5.91 Å². The summed E-state index contributed by atoms with van der Waals surface area (Å²) in [5, 5.41) is 11.6. The second-order valence-corrected chi connectivity index (χ2v) is 7.89. The molecule has 0 spiro atoms. The van der Waals surface area contributed by atoms with Gasteiger partial charge in [0, 0.05) is 26.4 Å². The summed E-state index contributed by atoms with van der Waals surface area (Å²) in [6, 6.07) is 9.75. The van der Waals surface area contributed by atoms with Crippen LogP contribution in [0.3, 0.4) is 0 Å². The van der Waals surface area contributed by atoms with Crippen LogP contribution in [0.4, 0.5) is 0 Å². The Morgan fingerprint density at radius 2 is 2.10 bits per heavy atom. The normalized spacial score (nSPS) is 14.6. The molecule has 1 aliphatic rings. The molecule has 0 bridgehead atoms. The maximum absolute atomic E-state index is 12.5. The van der Waals surface area contributed by atoms with Crippen molar-refractivity contribution >= 4 is 5.91 Å². The number of carbonyl (C=O) groups is 1. The number of nitrogens with zero attached hydrogens (tertiary/aromatic N) is 6. The Labute approximate surface area is 175 Å². The highest BCUT2D eigenvalue weighted by atomic mass is 16.2. The molecule has 2 aromatic heterocycles. The zero-order valence-corrected chi connectivity index (χ0v) is 17.2. The lowest BCUT2D eigenvalue weighted by Crippen LogP contribution is -2.32. The van der Waals surface area contributed by atoms with Gasteiger partial charge in [-0.05, 0) is 30.7 Å². The highest BCUT2D eigenvalue weighted by molar-refractivity contribution is 5.75. The number of nitrogens with two attached hydrogens (primary N) is 1. The number of nitrogens with one attached hydrogen (secondary N) is 1. The molecular formula is C21H28N8O. The van der Waals surface area contributed by atoms with E-state index >= 15 is 0 Å². The summed E-state index contributed by atoms with van der Waals surface area (Å²) in [6.45, 7) is 0.592. The number of hydrogen-bond acceptors (Lipinski definition) is 6. The Morgan fingerprint density at radius 3 is 2.80 bits per heavy atom. The van der Waals surface area contributed by atoms with E-state index in [0.717, 1.165) is 23.6 Å². The molecule has 3 aromatic rings. The number of aryl methyl sites for hydroxylation is 1. The van der Waals surface area contributed by atoms with Gasteiger partial charge in [-0.1, -0.05) is 30.3 Å². The number of aromatic nitrogens is 6. The molecule has 1 saturated carbocycles. The minimum absolute atomic E-state index is 0.105. The molecular weight excluding hydrogens is 380 g/mol. The lowest BCUT2D eigenvalue weighted by Gasteiger charge is -2.13. The predicted octanol–water partition coefficient (Wildman–Crippen LogP) is 0.961. The van der Waals surface area contributed by atoms with Crippen LogP contribution in [0.2, 0.25) is 0 Å². The molecule has 1 aliphatic carbocycles. The highest BCUT2D eigenvalue weighted by Gasteiger charge is 2.26. The van der Waals surface area contributed by atoms with E-state index in [4.69, 9.17) is 10.7 Å². The molecule has 1 aromatic carbocycles. The smallest absolute Gasteiger partial charge is 0.241 e. The minimum atomic E-state index is -0.320. The van der Waals surface area contributed by atoms with E-state index in [9.17, 15) is 4.79 Å². The first-order valence-electron chi connectivity index (χ1n) is 10.4. The van der Waals surface area contributed by atoms with Gasteiger partial charge in [0.1, 0.15) is 24.5 Å². The van der Waals surface area contributed by atoms with E-state index in [2.05, 4.69) is 20.5 Å². The molecule has 1 atom stereocenters. The molecule has 2 heterocycles. The maximum Gasteiger partial charge on any atom is 0.241 e. The maximum atomic E-state index is 12.5. The summed E-state index contributed by atoms with van der Waals surface area (Å²) >= 11 is 0. The first kappa shape index (κ1) is 20.2.